The van der Waals surface area contributed by atoms with Crippen LogP contribution in [-0.2, 0) is 14.3 Å². The first-order valence-corrected chi connectivity index (χ1v) is 7.92. The topological polar surface area (TPSA) is 64.6 Å². The fraction of sp³-hybridized carbons (Fsp3) is 0.222. The van der Waals surface area contributed by atoms with Gasteiger partial charge in [0.05, 0.1) is 5.69 Å². The lowest BCUT2D eigenvalue weighted by atomic mass is 10.3. The van der Waals surface area contributed by atoms with Gasteiger partial charge >= 0.3 is 5.97 Å². The molecule has 0 fully saturated rings. The second-order valence-electron chi connectivity index (χ2n) is 5.27. The van der Waals surface area contributed by atoms with Gasteiger partial charge in [-0.05, 0) is 44.2 Å². The Labute approximate surface area is 149 Å². The zero-order valence-corrected chi connectivity index (χ0v) is 14.4. The largest absolute Gasteiger partial charge is 0.479 e. The molecule has 0 aromatic heterocycles. The Bertz CT molecular complexity index is 768. The Morgan fingerprint density at radius 2 is 1.80 bits per heavy atom. The minimum atomic E-state index is -1.11. The van der Waals surface area contributed by atoms with Crippen LogP contribution in [0.25, 0.3) is 0 Å². The SMILES string of the molecule is CC(OC(=O)C(C)Oc1cccc(Cl)c1)C(=O)Nc1ccccc1F. The molecule has 2 rings (SSSR count). The zero-order valence-electron chi connectivity index (χ0n) is 13.7. The molecule has 2 unspecified atom stereocenters. The molecule has 7 heteroatoms. The summed E-state index contributed by atoms with van der Waals surface area (Å²) in [5.41, 5.74) is 0.0126. The van der Waals surface area contributed by atoms with Crippen molar-refractivity contribution in [2.45, 2.75) is 26.1 Å². The van der Waals surface area contributed by atoms with Crippen molar-refractivity contribution in [1.29, 1.82) is 0 Å². The second kappa shape index (κ2) is 8.48. The predicted octanol–water partition coefficient (Wildman–Crippen LogP) is 3.82. The molecule has 0 saturated carbocycles. The van der Waals surface area contributed by atoms with Crippen molar-refractivity contribution in [2.24, 2.45) is 0 Å². The molecule has 1 amide bonds. The lowest BCUT2D eigenvalue weighted by Gasteiger charge is -2.18. The smallest absolute Gasteiger partial charge is 0.347 e. The number of para-hydroxylation sites is 1. The zero-order chi connectivity index (χ0) is 18.4. The molecule has 2 aromatic carbocycles. The molecule has 132 valence electrons. The summed E-state index contributed by atoms with van der Waals surface area (Å²) in [6.07, 6.45) is -2.06. The highest BCUT2D eigenvalue weighted by molar-refractivity contribution is 6.30. The summed E-state index contributed by atoms with van der Waals surface area (Å²) in [5.74, 6) is -1.54. The van der Waals surface area contributed by atoms with E-state index in [1.54, 1.807) is 30.3 Å². The summed E-state index contributed by atoms with van der Waals surface area (Å²) in [7, 11) is 0. The lowest BCUT2D eigenvalue weighted by Crippen LogP contribution is -2.35. The van der Waals surface area contributed by atoms with Gasteiger partial charge in [-0.2, -0.15) is 0 Å². The summed E-state index contributed by atoms with van der Waals surface area (Å²) in [6, 6.07) is 12.3. The van der Waals surface area contributed by atoms with E-state index in [4.69, 9.17) is 21.1 Å². The summed E-state index contributed by atoms with van der Waals surface area (Å²) >= 11 is 5.84. The van der Waals surface area contributed by atoms with Gasteiger partial charge in [0.25, 0.3) is 5.91 Å². The van der Waals surface area contributed by atoms with E-state index >= 15 is 0 Å². The van der Waals surface area contributed by atoms with E-state index in [9.17, 15) is 14.0 Å². The van der Waals surface area contributed by atoms with E-state index in [2.05, 4.69) is 5.32 Å². The molecule has 0 aliphatic rings. The number of halogens is 2. The first-order chi connectivity index (χ1) is 11.9. The highest BCUT2D eigenvalue weighted by Crippen LogP contribution is 2.19. The van der Waals surface area contributed by atoms with Crippen LogP contribution in [0.15, 0.2) is 48.5 Å². The molecule has 0 radical (unpaired) electrons. The van der Waals surface area contributed by atoms with Gasteiger partial charge in [0, 0.05) is 5.02 Å². The van der Waals surface area contributed by atoms with Crippen LogP contribution in [0.1, 0.15) is 13.8 Å². The molecular weight excluding hydrogens is 349 g/mol. The number of amides is 1. The third kappa shape index (κ3) is 5.46. The van der Waals surface area contributed by atoms with Gasteiger partial charge in [-0.25, -0.2) is 9.18 Å². The van der Waals surface area contributed by atoms with Gasteiger partial charge in [-0.15, -0.1) is 0 Å². The highest BCUT2D eigenvalue weighted by Gasteiger charge is 2.23. The van der Waals surface area contributed by atoms with E-state index in [-0.39, 0.29) is 5.69 Å². The van der Waals surface area contributed by atoms with Gasteiger partial charge in [0.2, 0.25) is 0 Å². The molecule has 0 aliphatic heterocycles. The number of carbonyl (C=O) groups excluding carboxylic acids is 2. The maximum absolute atomic E-state index is 13.5. The third-order valence-corrected chi connectivity index (χ3v) is 3.47. The Hall–Kier alpha value is -2.60. The third-order valence-electron chi connectivity index (χ3n) is 3.23. The molecule has 0 heterocycles. The molecule has 0 spiro atoms. The number of nitrogens with one attached hydrogen (secondary N) is 1. The Morgan fingerprint density at radius 1 is 1.08 bits per heavy atom. The molecule has 0 aliphatic carbocycles. The molecule has 2 aromatic rings. The van der Waals surface area contributed by atoms with E-state index in [1.807, 2.05) is 0 Å². The summed E-state index contributed by atoms with van der Waals surface area (Å²) in [5, 5.41) is 2.83. The van der Waals surface area contributed by atoms with Crippen LogP contribution in [0.5, 0.6) is 5.75 Å². The first kappa shape index (κ1) is 18.7. The van der Waals surface area contributed by atoms with Crippen molar-refractivity contribution in [3.05, 3.63) is 59.4 Å². The van der Waals surface area contributed by atoms with E-state index in [1.165, 1.54) is 32.0 Å². The normalized spacial score (nSPS) is 12.8. The van der Waals surface area contributed by atoms with Gasteiger partial charge in [-0.1, -0.05) is 29.8 Å². The minimum absolute atomic E-state index is 0.0126. The van der Waals surface area contributed by atoms with Crippen molar-refractivity contribution in [1.82, 2.24) is 0 Å². The molecule has 5 nitrogen and oxygen atoms in total. The maximum atomic E-state index is 13.5. The first-order valence-electron chi connectivity index (χ1n) is 7.55. The number of ether oxygens (including phenoxy) is 2. The average molecular weight is 366 g/mol. The molecule has 2 atom stereocenters. The Morgan fingerprint density at radius 3 is 2.48 bits per heavy atom. The molecular formula is C18H17ClFNO4. The quantitative estimate of drug-likeness (QED) is 0.790. The molecule has 25 heavy (non-hydrogen) atoms. The van der Waals surface area contributed by atoms with Gasteiger partial charge < -0.3 is 14.8 Å². The molecule has 1 N–H and O–H groups in total. The Balaban J connectivity index is 1.90. The lowest BCUT2D eigenvalue weighted by molar-refractivity contribution is -0.159. The predicted molar refractivity (Wildman–Crippen MR) is 92.1 cm³/mol. The average Bonchev–Trinajstić information content (AvgIpc) is 2.56. The van der Waals surface area contributed by atoms with Crippen LogP contribution in [0.3, 0.4) is 0 Å². The highest BCUT2D eigenvalue weighted by atomic mass is 35.5. The van der Waals surface area contributed by atoms with Crippen LogP contribution in [0.4, 0.5) is 10.1 Å². The van der Waals surface area contributed by atoms with E-state index in [0.717, 1.165) is 0 Å². The van der Waals surface area contributed by atoms with Crippen LogP contribution in [0, 0.1) is 5.82 Å². The number of benzene rings is 2. The van der Waals surface area contributed by atoms with Gasteiger partial charge in [-0.3, -0.25) is 4.79 Å². The standard InChI is InChI=1S/C18H17ClFNO4/c1-11(17(22)21-16-9-4-3-8-15(16)20)25-18(23)12(2)24-14-7-5-6-13(19)10-14/h3-12H,1-2H3,(H,21,22). The number of hydrogen-bond donors (Lipinski definition) is 1. The summed E-state index contributed by atoms with van der Waals surface area (Å²) < 4.78 is 24.0. The van der Waals surface area contributed by atoms with Gasteiger partial charge in [0.15, 0.2) is 12.2 Å². The van der Waals surface area contributed by atoms with Crippen LogP contribution < -0.4 is 10.1 Å². The van der Waals surface area contributed by atoms with Crippen molar-refractivity contribution in [3.8, 4) is 5.75 Å². The number of carbonyl (C=O) groups is 2. The molecule has 0 bridgehead atoms. The van der Waals surface area contributed by atoms with Crippen molar-refractivity contribution < 1.29 is 23.5 Å². The maximum Gasteiger partial charge on any atom is 0.347 e. The number of esters is 1. The summed E-state index contributed by atoms with van der Waals surface area (Å²) in [6.45, 7) is 2.88. The Kier molecular flexibility index (Phi) is 6.36. The van der Waals surface area contributed by atoms with Crippen molar-refractivity contribution in [2.75, 3.05) is 5.32 Å². The van der Waals surface area contributed by atoms with Crippen LogP contribution in [-0.4, -0.2) is 24.1 Å². The fourth-order valence-corrected chi connectivity index (χ4v) is 2.09. The van der Waals surface area contributed by atoms with Crippen molar-refractivity contribution in [3.63, 3.8) is 0 Å². The number of rotatable bonds is 6. The van der Waals surface area contributed by atoms with Crippen LogP contribution >= 0.6 is 11.6 Å². The molecule has 0 saturated heterocycles. The van der Waals surface area contributed by atoms with Gasteiger partial charge in [0.1, 0.15) is 11.6 Å². The van der Waals surface area contributed by atoms with E-state index < -0.39 is 29.9 Å². The minimum Gasteiger partial charge on any atom is -0.479 e. The fourth-order valence-electron chi connectivity index (χ4n) is 1.91. The monoisotopic (exact) mass is 365 g/mol. The number of hydrogen-bond acceptors (Lipinski definition) is 4. The summed E-state index contributed by atoms with van der Waals surface area (Å²) in [4.78, 5) is 24.0. The second-order valence-corrected chi connectivity index (χ2v) is 5.70. The van der Waals surface area contributed by atoms with Crippen LogP contribution in [0.2, 0.25) is 5.02 Å². The van der Waals surface area contributed by atoms with E-state index in [0.29, 0.717) is 10.8 Å². The van der Waals surface area contributed by atoms with Crippen molar-refractivity contribution >= 4 is 29.2 Å². The number of anilines is 1.